The van der Waals surface area contributed by atoms with Gasteiger partial charge in [-0.2, -0.15) is 0 Å². The topological polar surface area (TPSA) is 29.1 Å². The molecule has 0 fully saturated rings. The lowest BCUT2D eigenvalue weighted by Crippen LogP contribution is -2.19. The Morgan fingerprint density at radius 1 is 0.880 bits per heavy atom. The second kappa shape index (κ2) is 8.54. The normalized spacial score (nSPS) is 11.7. The zero-order valence-electron chi connectivity index (χ0n) is 14.2. The summed E-state index contributed by atoms with van der Waals surface area (Å²) in [6.07, 6.45) is 0.887. The molecule has 3 heteroatoms. The predicted molar refractivity (Wildman–Crippen MR) is 106 cm³/mol. The third-order valence-electron chi connectivity index (χ3n) is 3.99. The van der Waals surface area contributed by atoms with Crippen LogP contribution in [0.5, 0.6) is 0 Å². The Bertz CT molecular complexity index is 818. The zero-order chi connectivity index (χ0) is 17.5. The van der Waals surface area contributed by atoms with Crippen LogP contribution in [0.25, 0.3) is 0 Å². The first-order valence-electron chi connectivity index (χ1n) is 8.43. The maximum absolute atomic E-state index is 13.1. The van der Waals surface area contributed by atoms with Crippen LogP contribution in [0, 0.1) is 0 Å². The molecule has 3 rings (SSSR count). The van der Waals surface area contributed by atoms with Crippen molar-refractivity contribution in [1.29, 1.82) is 0 Å². The standard InChI is InChI=1S/C22H21NOS/c1-2-17-11-9-10-16-20(17)23-22(24)21(18-12-5-3-6-13-18)25-19-14-7-4-8-15-19/h3-16,21H,2H2,1H3,(H,23,24)/t21-/m0/s1. The van der Waals surface area contributed by atoms with Gasteiger partial charge < -0.3 is 5.32 Å². The SMILES string of the molecule is CCc1ccccc1NC(=O)[C@@H](Sc1ccccc1)c1ccccc1. The van der Waals surface area contributed by atoms with Gasteiger partial charge in [0, 0.05) is 10.6 Å². The highest BCUT2D eigenvalue weighted by Gasteiger charge is 2.22. The molecule has 3 aromatic rings. The van der Waals surface area contributed by atoms with Crippen molar-refractivity contribution < 1.29 is 4.79 Å². The summed E-state index contributed by atoms with van der Waals surface area (Å²) < 4.78 is 0. The van der Waals surface area contributed by atoms with Gasteiger partial charge in [0.1, 0.15) is 5.25 Å². The molecule has 0 saturated heterocycles. The van der Waals surface area contributed by atoms with Crippen LogP contribution in [0.3, 0.4) is 0 Å². The van der Waals surface area contributed by atoms with Crippen molar-refractivity contribution in [3.8, 4) is 0 Å². The Morgan fingerprint density at radius 2 is 1.48 bits per heavy atom. The highest BCUT2D eigenvalue weighted by atomic mass is 32.2. The molecule has 1 atom stereocenters. The van der Waals surface area contributed by atoms with Crippen LogP contribution in [0.4, 0.5) is 5.69 Å². The lowest BCUT2D eigenvalue weighted by Gasteiger charge is -2.18. The van der Waals surface area contributed by atoms with Gasteiger partial charge in [-0.1, -0.05) is 73.7 Å². The summed E-state index contributed by atoms with van der Waals surface area (Å²) in [5.41, 5.74) is 3.04. The molecule has 0 aliphatic heterocycles. The van der Waals surface area contributed by atoms with Crippen LogP contribution in [-0.2, 0) is 11.2 Å². The summed E-state index contributed by atoms with van der Waals surface area (Å²) in [5, 5.41) is 2.82. The van der Waals surface area contributed by atoms with Gasteiger partial charge in [0.15, 0.2) is 0 Å². The summed E-state index contributed by atoms with van der Waals surface area (Å²) in [4.78, 5) is 14.1. The Hall–Kier alpha value is -2.52. The van der Waals surface area contributed by atoms with Gasteiger partial charge in [-0.05, 0) is 35.7 Å². The number of amides is 1. The van der Waals surface area contributed by atoms with Crippen molar-refractivity contribution in [2.45, 2.75) is 23.5 Å². The molecule has 25 heavy (non-hydrogen) atoms. The molecule has 0 aliphatic carbocycles. The summed E-state index contributed by atoms with van der Waals surface area (Å²) in [6.45, 7) is 2.10. The van der Waals surface area contributed by atoms with Crippen LogP contribution in [0.1, 0.15) is 23.3 Å². The van der Waals surface area contributed by atoms with E-state index in [-0.39, 0.29) is 11.2 Å². The highest BCUT2D eigenvalue weighted by Crippen LogP contribution is 2.36. The predicted octanol–water partition coefficient (Wildman–Crippen LogP) is 5.72. The molecule has 1 N–H and O–H groups in total. The van der Waals surface area contributed by atoms with E-state index in [0.717, 1.165) is 28.1 Å². The fourth-order valence-electron chi connectivity index (χ4n) is 2.68. The summed E-state index contributed by atoms with van der Waals surface area (Å²) in [6, 6.07) is 27.9. The van der Waals surface area contributed by atoms with Crippen molar-refractivity contribution in [2.24, 2.45) is 0 Å². The van der Waals surface area contributed by atoms with Crippen LogP contribution in [0.2, 0.25) is 0 Å². The second-order valence-electron chi connectivity index (χ2n) is 5.72. The van der Waals surface area contributed by atoms with Gasteiger partial charge in [0.05, 0.1) is 0 Å². The van der Waals surface area contributed by atoms with Crippen molar-refractivity contribution in [3.63, 3.8) is 0 Å². The molecule has 0 heterocycles. The fraction of sp³-hybridized carbons (Fsp3) is 0.136. The van der Waals surface area contributed by atoms with E-state index in [2.05, 4.69) is 18.3 Å². The van der Waals surface area contributed by atoms with Crippen LogP contribution in [0.15, 0.2) is 89.8 Å². The van der Waals surface area contributed by atoms with Gasteiger partial charge >= 0.3 is 0 Å². The molecule has 0 bridgehead atoms. The van der Waals surface area contributed by atoms with Crippen LogP contribution in [-0.4, -0.2) is 5.91 Å². The second-order valence-corrected chi connectivity index (χ2v) is 6.90. The minimum Gasteiger partial charge on any atom is -0.325 e. The minimum atomic E-state index is -0.298. The van der Waals surface area contributed by atoms with E-state index in [1.807, 2.05) is 78.9 Å². The number of anilines is 1. The first-order valence-corrected chi connectivity index (χ1v) is 9.31. The zero-order valence-corrected chi connectivity index (χ0v) is 15.0. The molecule has 0 aromatic heterocycles. The van der Waals surface area contributed by atoms with Crippen molar-refractivity contribution >= 4 is 23.4 Å². The maximum Gasteiger partial charge on any atom is 0.242 e. The largest absolute Gasteiger partial charge is 0.325 e. The molecular formula is C22H21NOS. The smallest absolute Gasteiger partial charge is 0.242 e. The third kappa shape index (κ3) is 4.52. The average molecular weight is 347 g/mol. The van der Waals surface area contributed by atoms with Gasteiger partial charge in [-0.15, -0.1) is 11.8 Å². The van der Waals surface area contributed by atoms with E-state index in [0.29, 0.717) is 0 Å². The van der Waals surface area contributed by atoms with Crippen molar-refractivity contribution in [1.82, 2.24) is 0 Å². The molecule has 0 aliphatic rings. The Balaban J connectivity index is 1.87. The Morgan fingerprint density at radius 3 is 2.16 bits per heavy atom. The van der Waals surface area contributed by atoms with E-state index in [1.165, 1.54) is 0 Å². The number of aryl methyl sites for hydroxylation is 1. The summed E-state index contributed by atoms with van der Waals surface area (Å²) in [7, 11) is 0. The van der Waals surface area contributed by atoms with Gasteiger partial charge in [0.2, 0.25) is 5.91 Å². The van der Waals surface area contributed by atoms with Gasteiger partial charge in [0.25, 0.3) is 0 Å². The minimum absolute atomic E-state index is 0.000882. The number of para-hydroxylation sites is 1. The maximum atomic E-state index is 13.1. The molecule has 0 spiro atoms. The van der Waals surface area contributed by atoms with Crippen molar-refractivity contribution in [3.05, 3.63) is 96.1 Å². The number of benzene rings is 3. The molecule has 1 amide bonds. The fourth-order valence-corrected chi connectivity index (χ4v) is 3.73. The molecule has 0 radical (unpaired) electrons. The van der Waals surface area contributed by atoms with Crippen LogP contribution < -0.4 is 5.32 Å². The number of rotatable bonds is 6. The number of hydrogen-bond acceptors (Lipinski definition) is 2. The quantitative estimate of drug-likeness (QED) is 0.578. The molecule has 0 saturated carbocycles. The Kier molecular flexibility index (Phi) is 5.91. The number of hydrogen-bond donors (Lipinski definition) is 1. The molecule has 0 unspecified atom stereocenters. The first-order chi connectivity index (χ1) is 12.3. The first kappa shape index (κ1) is 17.3. The van der Waals surface area contributed by atoms with Crippen molar-refractivity contribution in [2.75, 3.05) is 5.32 Å². The molecule has 3 aromatic carbocycles. The van der Waals surface area contributed by atoms with Gasteiger partial charge in [-0.3, -0.25) is 4.79 Å². The average Bonchev–Trinajstić information content (AvgIpc) is 2.68. The number of nitrogens with one attached hydrogen (secondary N) is 1. The molecule has 2 nitrogen and oxygen atoms in total. The third-order valence-corrected chi connectivity index (χ3v) is 5.26. The highest BCUT2D eigenvalue weighted by molar-refractivity contribution is 8.00. The van der Waals surface area contributed by atoms with E-state index >= 15 is 0 Å². The van der Waals surface area contributed by atoms with E-state index in [4.69, 9.17) is 0 Å². The summed E-state index contributed by atoms with van der Waals surface area (Å²) >= 11 is 1.57. The van der Waals surface area contributed by atoms with Gasteiger partial charge in [-0.25, -0.2) is 0 Å². The van der Waals surface area contributed by atoms with E-state index in [9.17, 15) is 4.79 Å². The lowest BCUT2D eigenvalue weighted by atomic mass is 10.1. The monoisotopic (exact) mass is 347 g/mol. The van der Waals surface area contributed by atoms with E-state index < -0.39 is 0 Å². The number of carbonyl (C=O) groups is 1. The van der Waals surface area contributed by atoms with Crippen LogP contribution >= 0.6 is 11.8 Å². The Labute approximate surface area is 153 Å². The lowest BCUT2D eigenvalue weighted by molar-refractivity contribution is -0.115. The number of carbonyl (C=O) groups excluding carboxylic acids is 1. The summed E-state index contributed by atoms with van der Waals surface area (Å²) in [5.74, 6) is 0.000882. The molecule has 126 valence electrons. The van der Waals surface area contributed by atoms with E-state index in [1.54, 1.807) is 11.8 Å². The number of thioether (sulfide) groups is 1. The molecular weight excluding hydrogens is 326 g/mol.